The highest BCUT2D eigenvalue weighted by Crippen LogP contribution is 2.26. The van der Waals surface area contributed by atoms with Crippen LogP contribution in [0.2, 0.25) is 0 Å². The van der Waals surface area contributed by atoms with Gasteiger partial charge >= 0.3 is 0 Å². The van der Waals surface area contributed by atoms with E-state index in [2.05, 4.69) is 55.0 Å². The van der Waals surface area contributed by atoms with Crippen LogP contribution in [0.3, 0.4) is 0 Å². The highest BCUT2D eigenvalue weighted by Gasteiger charge is 2.05. The molecule has 2 heterocycles. The molecule has 0 amide bonds. The molecular weight excluding hydrogens is 272 g/mol. The third-order valence-electron chi connectivity index (χ3n) is 2.28. The van der Waals surface area contributed by atoms with Gasteiger partial charge in [0.2, 0.25) is 0 Å². The first-order valence-corrected chi connectivity index (χ1v) is 6.18. The van der Waals surface area contributed by atoms with Crippen LogP contribution in [0, 0.1) is 0 Å². The summed E-state index contributed by atoms with van der Waals surface area (Å²) in [5, 5.41) is 2.13. The molecule has 0 saturated heterocycles. The monoisotopic (exact) mass is 278 g/mol. The molecule has 0 aliphatic heterocycles. The van der Waals surface area contributed by atoms with Crippen LogP contribution in [0.5, 0.6) is 0 Å². The fraction of sp³-hybridized carbons (Fsp3) is 0. The molecule has 1 aromatic carbocycles. The molecule has 0 aliphatic carbocycles. The Kier molecular flexibility index (Phi) is 2.11. The fourth-order valence-electron chi connectivity index (χ4n) is 1.55. The Labute approximate surface area is 99.3 Å². The van der Waals surface area contributed by atoms with Crippen molar-refractivity contribution in [2.24, 2.45) is 0 Å². The standard InChI is InChI=1S/C11H7BrN2S/c12-9-3-1-8(2-4-9)10-7-15-11-13-5-6-14(10)11/h1-7H. The quantitative estimate of drug-likeness (QED) is 0.661. The van der Waals surface area contributed by atoms with E-state index in [1.54, 1.807) is 11.3 Å². The maximum Gasteiger partial charge on any atom is 0.194 e. The van der Waals surface area contributed by atoms with Crippen LogP contribution in [0.25, 0.3) is 16.2 Å². The molecule has 2 aromatic heterocycles. The molecule has 0 N–H and O–H groups in total. The van der Waals surface area contributed by atoms with Crippen molar-refractivity contribution in [2.75, 3.05) is 0 Å². The molecule has 0 aliphatic rings. The molecule has 0 unspecified atom stereocenters. The third kappa shape index (κ3) is 1.50. The van der Waals surface area contributed by atoms with Gasteiger partial charge in [0.1, 0.15) is 0 Å². The van der Waals surface area contributed by atoms with Crippen LogP contribution in [0.15, 0.2) is 46.5 Å². The number of halogens is 1. The van der Waals surface area contributed by atoms with E-state index < -0.39 is 0 Å². The lowest BCUT2D eigenvalue weighted by molar-refractivity contribution is 1.24. The minimum absolute atomic E-state index is 1.04. The predicted octanol–water partition coefficient (Wildman–Crippen LogP) is 3.83. The number of hydrogen-bond acceptors (Lipinski definition) is 2. The molecule has 0 fully saturated rings. The van der Waals surface area contributed by atoms with Gasteiger partial charge in [0, 0.05) is 22.2 Å². The van der Waals surface area contributed by atoms with Crippen molar-refractivity contribution >= 4 is 32.2 Å². The zero-order chi connectivity index (χ0) is 10.3. The number of benzene rings is 1. The van der Waals surface area contributed by atoms with Gasteiger partial charge in [-0.05, 0) is 17.7 Å². The highest BCUT2D eigenvalue weighted by atomic mass is 79.9. The summed E-state index contributed by atoms with van der Waals surface area (Å²) in [5.41, 5.74) is 2.41. The molecule has 3 rings (SSSR count). The summed E-state index contributed by atoms with van der Waals surface area (Å²) < 4.78 is 3.21. The van der Waals surface area contributed by atoms with Gasteiger partial charge in [-0.3, -0.25) is 4.40 Å². The van der Waals surface area contributed by atoms with Crippen molar-refractivity contribution in [3.8, 4) is 11.3 Å². The number of imidazole rings is 1. The second-order valence-corrected chi connectivity index (χ2v) is 4.96. The van der Waals surface area contributed by atoms with Gasteiger partial charge in [0.15, 0.2) is 4.96 Å². The Bertz CT molecular complexity index is 594. The van der Waals surface area contributed by atoms with E-state index in [9.17, 15) is 0 Å². The summed E-state index contributed by atoms with van der Waals surface area (Å²) >= 11 is 5.09. The summed E-state index contributed by atoms with van der Waals surface area (Å²) in [4.78, 5) is 5.29. The topological polar surface area (TPSA) is 17.3 Å². The third-order valence-corrected chi connectivity index (χ3v) is 3.66. The zero-order valence-electron chi connectivity index (χ0n) is 7.72. The first kappa shape index (κ1) is 9.12. The van der Waals surface area contributed by atoms with Gasteiger partial charge < -0.3 is 0 Å². The Balaban J connectivity index is 2.21. The van der Waals surface area contributed by atoms with Gasteiger partial charge in [-0.15, -0.1) is 11.3 Å². The number of thiazole rings is 1. The summed E-state index contributed by atoms with van der Waals surface area (Å²) in [6.07, 6.45) is 3.82. The molecule has 4 heteroatoms. The normalized spacial score (nSPS) is 11.0. The Hall–Kier alpha value is -1.13. The van der Waals surface area contributed by atoms with Crippen molar-refractivity contribution < 1.29 is 0 Å². The van der Waals surface area contributed by atoms with Crippen molar-refractivity contribution in [1.29, 1.82) is 0 Å². The number of aromatic nitrogens is 2. The van der Waals surface area contributed by atoms with Crippen molar-refractivity contribution in [3.05, 3.63) is 46.5 Å². The minimum Gasteiger partial charge on any atom is -0.290 e. The molecule has 0 atom stereocenters. The predicted molar refractivity (Wildman–Crippen MR) is 66.2 cm³/mol. The Morgan fingerprint density at radius 1 is 1.20 bits per heavy atom. The van der Waals surface area contributed by atoms with Gasteiger partial charge in [0.25, 0.3) is 0 Å². The van der Waals surface area contributed by atoms with Crippen LogP contribution in [-0.2, 0) is 0 Å². The lowest BCUT2D eigenvalue weighted by atomic mass is 10.2. The summed E-state index contributed by atoms with van der Waals surface area (Å²) in [6.45, 7) is 0. The summed E-state index contributed by atoms with van der Waals surface area (Å²) in [6, 6.07) is 8.31. The molecule has 0 radical (unpaired) electrons. The van der Waals surface area contributed by atoms with E-state index in [0.29, 0.717) is 0 Å². The second kappa shape index (κ2) is 3.47. The maximum atomic E-state index is 4.25. The van der Waals surface area contributed by atoms with Crippen molar-refractivity contribution in [2.45, 2.75) is 0 Å². The van der Waals surface area contributed by atoms with E-state index in [0.717, 1.165) is 9.43 Å². The number of hydrogen-bond donors (Lipinski definition) is 0. The first-order chi connectivity index (χ1) is 7.34. The average Bonchev–Trinajstić information content (AvgIpc) is 2.80. The Morgan fingerprint density at radius 3 is 2.80 bits per heavy atom. The zero-order valence-corrected chi connectivity index (χ0v) is 10.1. The van der Waals surface area contributed by atoms with Gasteiger partial charge in [-0.2, -0.15) is 0 Å². The van der Waals surface area contributed by atoms with Gasteiger partial charge in [0.05, 0.1) is 5.69 Å². The summed E-state index contributed by atoms with van der Waals surface area (Å²) in [7, 11) is 0. The molecular formula is C11H7BrN2S. The van der Waals surface area contributed by atoms with Gasteiger partial charge in [-0.1, -0.05) is 28.1 Å². The SMILES string of the molecule is Brc1ccc(-c2csc3nccn23)cc1. The van der Waals surface area contributed by atoms with E-state index in [1.807, 2.05) is 12.4 Å². The maximum absolute atomic E-state index is 4.25. The molecule has 3 aromatic rings. The van der Waals surface area contributed by atoms with Crippen molar-refractivity contribution in [1.82, 2.24) is 9.38 Å². The first-order valence-electron chi connectivity index (χ1n) is 4.51. The minimum atomic E-state index is 1.04. The van der Waals surface area contributed by atoms with Crippen LogP contribution in [0.1, 0.15) is 0 Å². The van der Waals surface area contributed by atoms with E-state index in [-0.39, 0.29) is 0 Å². The van der Waals surface area contributed by atoms with Crippen LogP contribution in [-0.4, -0.2) is 9.38 Å². The largest absolute Gasteiger partial charge is 0.290 e. The fourth-order valence-corrected chi connectivity index (χ4v) is 2.68. The second-order valence-electron chi connectivity index (χ2n) is 3.21. The lowest BCUT2D eigenvalue weighted by Gasteiger charge is -1.99. The van der Waals surface area contributed by atoms with Crippen molar-refractivity contribution in [3.63, 3.8) is 0 Å². The van der Waals surface area contributed by atoms with E-state index in [1.165, 1.54) is 11.3 Å². The van der Waals surface area contributed by atoms with E-state index in [4.69, 9.17) is 0 Å². The molecule has 2 nitrogen and oxygen atoms in total. The van der Waals surface area contributed by atoms with Crippen LogP contribution < -0.4 is 0 Å². The van der Waals surface area contributed by atoms with Crippen LogP contribution >= 0.6 is 27.3 Å². The molecule has 74 valence electrons. The van der Waals surface area contributed by atoms with Crippen LogP contribution in [0.4, 0.5) is 0 Å². The average molecular weight is 279 g/mol. The molecule has 0 bridgehead atoms. The number of rotatable bonds is 1. The molecule has 0 saturated carbocycles. The summed E-state index contributed by atoms with van der Waals surface area (Å²) in [5.74, 6) is 0. The molecule has 0 spiro atoms. The van der Waals surface area contributed by atoms with E-state index >= 15 is 0 Å². The molecule has 15 heavy (non-hydrogen) atoms. The number of nitrogens with zero attached hydrogens (tertiary/aromatic N) is 2. The van der Waals surface area contributed by atoms with Gasteiger partial charge in [-0.25, -0.2) is 4.98 Å². The number of fused-ring (bicyclic) bond motifs is 1. The smallest absolute Gasteiger partial charge is 0.194 e. The Morgan fingerprint density at radius 2 is 2.00 bits per heavy atom. The lowest BCUT2D eigenvalue weighted by Crippen LogP contribution is -1.82. The highest BCUT2D eigenvalue weighted by molar-refractivity contribution is 9.10.